The molecule has 0 radical (unpaired) electrons. The van der Waals surface area contributed by atoms with Crippen molar-refractivity contribution in [1.29, 1.82) is 0 Å². The molecule has 2 rings (SSSR count). The Morgan fingerprint density at radius 2 is 2.62 bits per heavy atom. The summed E-state index contributed by atoms with van der Waals surface area (Å²) in [4.78, 5) is 0. The number of hydrogen-bond donors (Lipinski definition) is 1. The maximum atomic E-state index is 6.15. The largest absolute Gasteiger partial charge is 0.324 e. The Hall–Kier alpha value is -0.480. The number of aromatic nitrogens is 2. The molecule has 2 N–H and O–H groups in total. The first kappa shape index (κ1) is 9.09. The van der Waals surface area contributed by atoms with Gasteiger partial charge in [0.1, 0.15) is 0 Å². The van der Waals surface area contributed by atoms with Crippen molar-refractivity contribution >= 4 is 11.8 Å². The zero-order chi connectivity index (χ0) is 9.26. The molecule has 2 heterocycles. The van der Waals surface area contributed by atoms with Gasteiger partial charge in [-0.25, -0.2) is 0 Å². The Morgan fingerprint density at radius 3 is 3.15 bits per heavy atom. The van der Waals surface area contributed by atoms with E-state index >= 15 is 0 Å². The van der Waals surface area contributed by atoms with Gasteiger partial charge >= 0.3 is 0 Å². The molecular formula is C9H15N3S. The molecule has 1 fully saturated rings. The van der Waals surface area contributed by atoms with Crippen LogP contribution >= 0.6 is 11.8 Å². The van der Waals surface area contributed by atoms with E-state index in [0.29, 0.717) is 5.92 Å². The minimum atomic E-state index is 0.184. The number of nitrogens with two attached hydrogens (primary N) is 1. The fourth-order valence-corrected chi connectivity index (χ4v) is 3.03. The molecule has 3 nitrogen and oxygen atoms in total. The van der Waals surface area contributed by atoms with E-state index in [1.807, 2.05) is 35.9 Å². The molecule has 0 spiro atoms. The van der Waals surface area contributed by atoms with Gasteiger partial charge in [-0.05, 0) is 23.8 Å². The maximum Gasteiger partial charge on any atom is 0.0537 e. The van der Waals surface area contributed by atoms with Crippen molar-refractivity contribution in [2.45, 2.75) is 12.5 Å². The highest BCUT2D eigenvalue weighted by molar-refractivity contribution is 7.99. The molecule has 1 saturated heterocycles. The predicted octanol–water partition coefficient (Wildman–Crippen LogP) is 1.17. The van der Waals surface area contributed by atoms with Crippen LogP contribution in [-0.2, 0) is 7.05 Å². The third-order valence-corrected chi connectivity index (χ3v) is 3.77. The zero-order valence-electron chi connectivity index (χ0n) is 7.81. The van der Waals surface area contributed by atoms with Crippen molar-refractivity contribution < 1.29 is 0 Å². The van der Waals surface area contributed by atoms with E-state index < -0.39 is 0 Å². The number of thioether (sulfide) groups is 1. The highest BCUT2D eigenvalue weighted by Crippen LogP contribution is 2.32. The van der Waals surface area contributed by atoms with Crippen molar-refractivity contribution in [3.63, 3.8) is 0 Å². The lowest BCUT2D eigenvalue weighted by Gasteiger charge is -2.15. The third kappa shape index (κ3) is 1.89. The fourth-order valence-electron chi connectivity index (χ4n) is 1.72. The van der Waals surface area contributed by atoms with Crippen molar-refractivity contribution in [3.8, 4) is 0 Å². The molecular weight excluding hydrogens is 182 g/mol. The summed E-state index contributed by atoms with van der Waals surface area (Å²) in [7, 11) is 1.93. The monoisotopic (exact) mass is 197 g/mol. The van der Waals surface area contributed by atoms with Crippen molar-refractivity contribution in [1.82, 2.24) is 9.78 Å². The Kier molecular flexibility index (Phi) is 2.60. The number of rotatable bonds is 2. The molecule has 1 aromatic heterocycles. The van der Waals surface area contributed by atoms with Gasteiger partial charge in [-0.1, -0.05) is 0 Å². The predicted molar refractivity (Wildman–Crippen MR) is 55.6 cm³/mol. The summed E-state index contributed by atoms with van der Waals surface area (Å²) < 4.78 is 1.82. The van der Waals surface area contributed by atoms with E-state index in [1.165, 1.54) is 23.5 Å². The molecule has 0 bridgehead atoms. The number of aryl methyl sites for hydroxylation is 1. The molecule has 0 saturated carbocycles. The van der Waals surface area contributed by atoms with E-state index in [9.17, 15) is 0 Å². The summed E-state index contributed by atoms with van der Waals surface area (Å²) in [5.74, 6) is 3.11. The second kappa shape index (κ2) is 3.72. The summed E-state index contributed by atoms with van der Waals surface area (Å²) in [6, 6.07) is 0.184. The molecule has 1 aliphatic rings. The Bertz CT molecular complexity index is 278. The van der Waals surface area contributed by atoms with Gasteiger partial charge in [0.05, 0.1) is 6.20 Å². The smallest absolute Gasteiger partial charge is 0.0537 e. The molecule has 0 aromatic carbocycles. The summed E-state index contributed by atoms with van der Waals surface area (Å²) in [6.07, 6.45) is 5.15. The second-order valence-corrected chi connectivity index (χ2v) is 4.75. The number of hydrogen-bond acceptors (Lipinski definition) is 3. The first-order valence-corrected chi connectivity index (χ1v) is 5.74. The van der Waals surface area contributed by atoms with Crippen LogP contribution in [0.2, 0.25) is 0 Å². The maximum absolute atomic E-state index is 6.15. The van der Waals surface area contributed by atoms with E-state index in [1.54, 1.807) is 0 Å². The Balaban J connectivity index is 2.07. The van der Waals surface area contributed by atoms with Crippen LogP contribution in [0.1, 0.15) is 18.0 Å². The molecule has 72 valence electrons. The number of nitrogens with zero attached hydrogens (tertiary/aromatic N) is 2. The fraction of sp³-hybridized carbons (Fsp3) is 0.667. The quantitative estimate of drug-likeness (QED) is 0.774. The van der Waals surface area contributed by atoms with Crippen LogP contribution in [0.5, 0.6) is 0 Å². The topological polar surface area (TPSA) is 43.8 Å². The summed E-state index contributed by atoms with van der Waals surface area (Å²) in [5, 5.41) is 4.14. The molecule has 13 heavy (non-hydrogen) atoms. The average Bonchev–Trinajstić information content (AvgIpc) is 2.72. The van der Waals surface area contributed by atoms with Gasteiger partial charge in [0.2, 0.25) is 0 Å². The van der Waals surface area contributed by atoms with E-state index in [-0.39, 0.29) is 6.04 Å². The lowest BCUT2D eigenvalue weighted by molar-refractivity contribution is 0.482. The average molecular weight is 197 g/mol. The minimum Gasteiger partial charge on any atom is -0.324 e. The molecule has 4 heteroatoms. The lowest BCUT2D eigenvalue weighted by Crippen LogP contribution is -2.20. The van der Waals surface area contributed by atoms with Crippen LogP contribution in [0.15, 0.2) is 12.4 Å². The summed E-state index contributed by atoms with van der Waals surface area (Å²) >= 11 is 2.00. The highest BCUT2D eigenvalue weighted by atomic mass is 32.2. The van der Waals surface area contributed by atoms with Crippen LogP contribution in [0.4, 0.5) is 0 Å². The van der Waals surface area contributed by atoms with Crippen LogP contribution in [0.25, 0.3) is 0 Å². The van der Waals surface area contributed by atoms with E-state index in [0.717, 1.165) is 0 Å². The lowest BCUT2D eigenvalue weighted by atomic mass is 9.96. The first-order chi connectivity index (χ1) is 6.27. The highest BCUT2D eigenvalue weighted by Gasteiger charge is 2.24. The van der Waals surface area contributed by atoms with Gasteiger partial charge in [-0.15, -0.1) is 0 Å². The Labute approximate surface area is 82.7 Å². The minimum absolute atomic E-state index is 0.184. The van der Waals surface area contributed by atoms with Crippen molar-refractivity contribution in [2.75, 3.05) is 11.5 Å². The van der Waals surface area contributed by atoms with Gasteiger partial charge in [0.25, 0.3) is 0 Å². The van der Waals surface area contributed by atoms with Gasteiger partial charge in [-0.3, -0.25) is 4.68 Å². The second-order valence-electron chi connectivity index (χ2n) is 3.60. The SMILES string of the molecule is Cn1cc(C(N)C2CCSC2)cn1. The van der Waals surface area contributed by atoms with Crippen molar-refractivity contribution in [3.05, 3.63) is 18.0 Å². The van der Waals surface area contributed by atoms with Gasteiger partial charge in [0.15, 0.2) is 0 Å². The zero-order valence-corrected chi connectivity index (χ0v) is 8.63. The van der Waals surface area contributed by atoms with Crippen LogP contribution < -0.4 is 5.73 Å². The van der Waals surface area contributed by atoms with Gasteiger partial charge in [0, 0.05) is 24.8 Å². The molecule has 1 aromatic rings. The Morgan fingerprint density at radius 1 is 1.77 bits per heavy atom. The molecule has 2 atom stereocenters. The standard InChI is InChI=1S/C9H15N3S/c1-12-5-8(4-11-12)9(10)7-2-3-13-6-7/h4-5,7,9H,2-3,6,10H2,1H3. The van der Waals surface area contributed by atoms with E-state index in [2.05, 4.69) is 5.10 Å². The normalized spacial score (nSPS) is 24.9. The summed E-state index contributed by atoms with van der Waals surface area (Å²) in [5.41, 5.74) is 7.32. The summed E-state index contributed by atoms with van der Waals surface area (Å²) in [6.45, 7) is 0. The van der Waals surface area contributed by atoms with Gasteiger partial charge in [-0.2, -0.15) is 16.9 Å². The van der Waals surface area contributed by atoms with Crippen molar-refractivity contribution in [2.24, 2.45) is 18.7 Å². The van der Waals surface area contributed by atoms with E-state index in [4.69, 9.17) is 5.73 Å². The molecule has 1 aliphatic heterocycles. The van der Waals surface area contributed by atoms with Crippen LogP contribution in [0, 0.1) is 5.92 Å². The van der Waals surface area contributed by atoms with Crippen LogP contribution in [0.3, 0.4) is 0 Å². The third-order valence-electron chi connectivity index (χ3n) is 2.58. The molecule has 0 aliphatic carbocycles. The molecule has 0 amide bonds. The molecule has 2 unspecified atom stereocenters. The van der Waals surface area contributed by atoms with Gasteiger partial charge < -0.3 is 5.73 Å². The van der Waals surface area contributed by atoms with Crippen LogP contribution in [-0.4, -0.2) is 21.3 Å². The first-order valence-electron chi connectivity index (χ1n) is 4.59.